The smallest absolute Gasteiger partial charge is 0.274 e. The zero-order chi connectivity index (χ0) is 16.8. The molecular weight excluding hydrogens is 296 g/mol. The Morgan fingerprint density at radius 1 is 1.05 bits per heavy atom. The van der Waals surface area contributed by atoms with Crippen molar-refractivity contribution >= 4 is 10.1 Å². The van der Waals surface area contributed by atoms with Gasteiger partial charge in [-0.3, -0.25) is 4.55 Å². The summed E-state index contributed by atoms with van der Waals surface area (Å²) in [7, 11) is -4.13. The van der Waals surface area contributed by atoms with Gasteiger partial charge in [-0.1, -0.05) is 57.2 Å². The van der Waals surface area contributed by atoms with Crippen molar-refractivity contribution in [3.8, 4) is 0 Å². The molecule has 22 heavy (non-hydrogen) atoms. The van der Waals surface area contributed by atoms with Crippen LogP contribution >= 0.6 is 0 Å². The van der Waals surface area contributed by atoms with Crippen molar-refractivity contribution in [2.24, 2.45) is 0 Å². The van der Waals surface area contributed by atoms with E-state index in [-0.39, 0.29) is 0 Å². The van der Waals surface area contributed by atoms with E-state index in [1.165, 1.54) is 37.7 Å². The number of unbranched alkanes of at least 4 members (excludes halogenated alkanes) is 5. The highest BCUT2D eigenvalue weighted by Gasteiger charge is 2.36. The predicted molar refractivity (Wildman–Crippen MR) is 92.8 cm³/mol. The number of hydrogen-bond donors (Lipinski definition) is 1. The van der Waals surface area contributed by atoms with Crippen molar-refractivity contribution in [1.82, 2.24) is 0 Å². The molecule has 0 unspecified atom stereocenters. The molecule has 126 valence electrons. The Morgan fingerprint density at radius 3 is 2.23 bits per heavy atom. The maximum Gasteiger partial charge on any atom is 0.274 e. The maximum absolute atomic E-state index is 11.6. The maximum atomic E-state index is 11.6. The molecular formula is C18H30O3S. The van der Waals surface area contributed by atoms with E-state index in [4.69, 9.17) is 0 Å². The van der Waals surface area contributed by atoms with Gasteiger partial charge in [0.1, 0.15) is 4.75 Å². The zero-order valence-corrected chi connectivity index (χ0v) is 15.2. The molecule has 0 spiro atoms. The van der Waals surface area contributed by atoms with Crippen LogP contribution in [-0.2, 0) is 21.3 Å². The molecule has 0 atom stereocenters. The zero-order valence-electron chi connectivity index (χ0n) is 14.4. The summed E-state index contributed by atoms with van der Waals surface area (Å²) in [6.07, 6.45) is 8.43. The van der Waals surface area contributed by atoms with E-state index in [0.717, 1.165) is 18.4 Å². The van der Waals surface area contributed by atoms with Crippen LogP contribution in [0.1, 0.15) is 76.0 Å². The van der Waals surface area contributed by atoms with Gasteiger partial charge >= 0.3 is 0 Å². The largest absolute Gasteiger partial charge is 0.285 e. The number of hydrogen-bond acceptors (Lipinski definition) is 2. The summed E-state index contributed by atoms with van der Waals surface area (Å²) in [6.45, 7) is 7.28. The van der Waals surface area contributed by atoms with Crippen LogP contribution < -0.4 is 0 Å². The van der Waals surface area contributed by atoms with Gasteiger partial charge in [0.2, 0.25) is 0 Å². The topological polar surface area (TPSA) is 54.4 Å². The lowest BCUT2D eigenvalue weighted by molar-refractivity contribution is 0.444. The molecule has 0 aliphatic carbocycles. The minimum atomic E-state index is -4.13. The summed E-state index contributed by atoms with van der Waals surface area (Å²) in [5, 5.41) is 0. The normalized spacial score (nSPS) is 12.6. The van der Waals surface area contributed by atoms with Gasteiger partial charge in [-0.05, 0) is 50.3 Å². The lowest BCUT2D eigenvalue weighted by atomic mass is 9.91. The second-order valence-corrected chi connectivity index (χ2v) is 8.56. The van der Waals surface area contributed by atoms with Crippen LogP contribution in [0.4, 0.5) is 0 Å². The molecule has 0 radical (unpaired) electrons. The molecule has 0 saturated carbocycles. The average Bonchev–Trinajstić information content (AvgIpc) is 2.42. The molecule has 0 amide bonds. The minimum Gasteiger partial charge on any atom is -0.285 e. The molecule has 0 fully saturated rings. The van der Waals surface area contributed by atoms with Crippen molar-refractivity contribution < 1.29 is 13.0 Å². The molecule has 0 aromatic heterocycles. The molecule has 4 heteroatoms. The van der Waals surface area contributed by atoms with Gasteiger partial charge in [0.25, 0.3) is 10.1 Å². The lowest BCUT2D eigenvalue weighted by Crippen LogP contribution is -2.29. The summed E-state index contributed by atoms with van der Waals surface area (Å²) in [5.41, 5.74) is 2.86. The third kappa shape index (κ3) is 4.82. The molecule has 1 N–H and O–H groups in total. The molecule has 0 aliphatic rings. The highest BCUT2D eigenvalue weighted by molar-refractivity contribution is 7.86. The first-order valence-corrected chi connectivity index (χ1v) is 9.71. The number of aryl methyl sites for hydroxylation is 1. The van der Waals surface area contributed by atoms with Gasteiger partial charge in [0.15, 0.2) is 0 Å². The SMILES string of the molecule is CCCCCCCCc1cccc(C(C)(C)S(=O)(=O)O)c1C. The quantitative estimate of drug-likeness (QED) is 0.512. The van der Waals surface area contributed by atoms with Gasteiger partial charge in [-0.25, -0.2) is 0 Å². The third-order valence-corrected chi connectivity index (χ3v) is 6.05. The Morgan fingerprint density at radius 2 is 1.64 bits per heavy atom. The second kappa shape index (κ2) is 8.11. The fourth-order valence-corrected chi connectivity index (χ4v) is 3.34. The van der Waals surface area contributed by atoms with E-state index in [0.29, 0.717) is 5.56 Å². The van der Waals surface area contributed by atoms with Crippen molar-refractivity contribution in [1.29, 1.82) is 0 Å². The summed E-state index contributed by atoms with van der Waals surface area (Å²) < 4.78 is 31.5. The van der Waals surface area contributed by atoms with E-state index in [1.807, 2.05) is 13.0 Å². The molecule has 1 rings (SSSR count). The minimum absolute atomic E-state index is 0.693. The van der Waals surface area contributed by atoms with E-state index >= 15 is 0 Å². The Bertz CT molecular complexity index is 574. The van der Waals surface area contributed by atoms with Crippen LogP contribution in [0.3, 0.4) is 0 Å². The summed E-state index contributed by atoms with van der Waals surface area (Å²) in [5.74, 6) is 0. The predicted octanol–water partition coefficient (Wildman–Crippen LogP) is 5.02. The first-order chi connectivity index (χ1) is 10.2. The molecule has 0 heterocycles. The van der Waals surface area contributed by atoms with Gasteiger partial charge in [0.05, 0.1) is 0 Å². The fraction of sp³-hybridized carbons (Fsp3) is 0.667. The van der Waals surface area contributed by atoms with Crippen molar-refractivity contribution in [2.75, 3.05) is 0 Å². The molecule has 0 saturated heterocycles. The van der Waals surface area contributed by atoms with Crippen LogP contribution in [0.5, 0.6) is 0 Å². The number of rotatable bonds is 9. The summed E-state index contributed by atoms with van der Waals surface area (Å²) >= 11 is 0. The van der Waals surface area contributed by atoms with Gasteiger partial charge < -0.3 is 0 Å². The Labute approximate surface area is 135 Å². The summed E-state index contributed by atoms with van der Waals surface area (Å²) in [6, 6.07) is 5.75. The summed E-state index contributed by atoms with van der Waals surface area (Å²) in [4.78, 5) is 0. The average molecular weight is 327 g/mol. The van der Waals surface area contributed by atoms with Crippen molar-refractivity contribution in [3.05, 3.63) is 34.9 Å². The van der Waals surface area contributed by atoms with Crippen LogP contribution in [0, 0.1) is 6.92 Å². The molecule has 1 aromatic rings. The molecule has 1 aromatic carbocycles. The fourth-order valence-electron chi connectivity index (χ4n) is 2.84. The van der Waals surface area contributed by atoms with Crippen LogP contribution in [0.25, 0.3) is 0 Å². The monoisotopic (exact) mass is 326 g/mol. The standard InChI is InChI=1S/C18H30O3S/c1-5-6-7-8-9-10-12-16-13-11-14-17(15(16)2)18(3,4)22(19,20)21/h11,13-14H,5-10,12H2,1-4H3,(H,19,20,21). The van der Waals surface area contributed by atoms with Gasteiger partial charge in [0, 0.05) is 0 Å². The molecule has 3 nitrogen and oxygen atoms in total. The Kier molecular flexibility index (Phi) is 7.07. The van der Waals surface area contributed by atoms with Crippen LogP contribution in [0.2, 0.25) is 0 Å². The molecule has 0 bridgehead atoms. The van der Waals surface area contributed by atoms with E-state index in [2.05, 4.69) is 13.0 Å². The highest BCUT2D eigenvalue weighted by atomic mass is 32.2. The van der Waals surface area contributed by atoms with Crippen molar-refractivity contribution in [3.63, 3.8) is 0 Å². The number of benzene rings is 1. The molecule has 0 aliphatic heterocycles. The van der Waals surface area contributed by atoms with E-state index in [1.54, 1.807) is 19.9 Å². The second-order valence-electron chi connectivity index (χ2n) is 6.59. The Balaban J connectivity index is 2.78. The Hall–Kier alpha value is -0.870. The highest BCUT2D eigenvalue weighted by Crippen LogP contribution is 2.32. The van der Waals surface area contributed by atoms with Crippen LogP contribution in [0.15, 0.2) is 18.2 Å². The van der Waals surface area contributed by atoms with Gasteiger partial charge in [-0.15, -0.1) is 0 Å². The lowest BCUT2D eigenvalue weighted by Gasteiger charge is -2.25. The van der Waals surface area contributed by atoms with Gasteiger partial charge in [-0.2, -0.15) is 8.42 Å². The van der Waals surface area contributed by atoms with Crippen molar-refractivity contribution in [2.45, 2.75) is 77.4 Å². The third-order valence-electron chi connectivity index (χ3n) is 4.54. The van der Waals surface area contributed by atoms with Crippen LogP contribution in [-0.4, -0.2) is 13.0 Å². The first kappa shape index (κ1) is 19.2. The van der Waals surface area contributed by atoms with E-state index < -0.39 is 14.9 Å². The van der Waals surface area contributed by atoms with E-state index in [9.17, 15) is 13.0 Å². The first-order valence-electron chi connectivity index (χ1n) is 8.27.